The Morgan fingerprint density at radius 3 is 2.45 bits per heavy atom. The highest BCUT2D eigenvalue weighted by Crippen LogP contribution is 2.38. The van der Waals surface area contributed by atoms with Crippen molar-refractivity contribution < 1.29 is 19.0 Å². The van der Waals surface area contributed by atoms with Crippen molar-refractivity contribution in [1.29, 1.82) is 0 Å². The molecule has 2 heterocycles. The van der Waals surface area contributed by atoms with Crippen molar-refractivity contribution in [1.82, 2.24) is 10.2 Å². The van der Waals surface area contributed by atoms with E-state index < -0.39 is 0 Å². The van der Waals surface area contributed by atoms with Gasteiger partial charge in [-0.25, -0.2) is 0 Å². The first-order valence-corrected chi connectivity index (χ1v) is 9.87. The summed E-state index contributed by atoms with van der Waals surface area (Å²) in [4.78, 5) is 14.8. The van der Waals surface area contributed by atoms with Crippen molar-refractivity contribution in [3.05, 3.63) is 59.7 Å². The first-order valence-electron chi connectivity index (χ1n) is 9.87. The van der Waals surface area contributed by atoms with E-state index in [1.54, 1.807) is 0 Å². The zero-order chi connectivity index (χ0) is 18.9. The minimum atomic E-state index is -0.210. The molecule has 0 aromatic heterocycles. The zero-order valence-corrected chi connectivity index (χ0v) is 16.9. The number of hydrogen-bond donors (Lipinski definition) is 1. The van der Waals surface area contributed by atoms with Gasteiger partial charge in [0.2, 0.25) is 12.7 Å². The Morgan fingerprint density at radius 2 is 1.69 bits per heavy atom. The Morgan fingerprint density at radius 1 is 0.966 bits per heavy atom. The molecule has 2 aromatic rings. The highest BCUT2D eigenvalue weighted by Gasteiger charge is 2.33. The number of nitrogens with one attached hydrogen (secondary N) is 1. The van der Waals surface area contributed by atoms with Crippen LogP contribution >= 0.6 is 12.4 Å². The first kappa shape index (κ1) is 20.0. The van der Waals surface area contributed by atoms with Gasteiger partial charge < -0.3 is 24.4 Å². The molecule has 2 atom stereocenters. The van der Waals surface area contributed by atoms with Gasteiger partial charge in [0, 0.05) is 6.04 Å². The Kier molecular flexibility index (Phi) is 5.94. The molecule has 1 amide bonds. The summed E-state index contributed by atoms with van der Waals surface area (Å²) in [6.45, 7) is 1.73. The van der Waals surface area contributed by atoms with Gasteiger partial charge in [0.1, 0.15) is 12.2 Å². The fourth-order valence-corrected chi connectivity index (χ4v) is 3.74. The number of morpholine rings is 1. The van der Waals surface area contributed by atoms with Crippen LogP contribution < -0.4 is 14.8 Å². The van der Waals surface area contributed by atoms with Gasteiger partial charge in [-0.1, -0.05) is 36.4 Å². The molecule has 0 bridgehead atoms. The molecule has 2 fully saturated rings. The highest BCUT2D eigenvalue weighted by molar-refractivity contribution is 5.85. The van der Waals surface area contributed by atoms with E-state index in [4.69, 9.17) is 14.2 Å². The van der Waals surface area contributed by atoms with Crippen molar-refractivity contribution in [3.8, 4) is 11.5 Å². The van der Waals surface area contributed by atoms with Crippen molar-refractivity contribution in [2.24, 2.45) is 0 Å². The predicted octanol–water partition coefficient (Wildman–Crippen LogP) is 3.23. The Hall–Kier alpha value is -2.28. The minimum Gasteiger partial charge on any atom is -0.454 e. The fourth-order valence-electron chi connectivity index (χ4n) is 3.74. The highest BCUT2D eigenvalue weighted by atomic mass is 35.5. The summed E-state index contributed by atoms with van der Waals surface area (Å²) >= 11 is 0. The summed E-state index contributed by atoms with van der Waals surface area (Å²) in [6, 6.07) is 16.5. The van der Waals surface area contributed by atoms with Gasteiger partial charge in [0.15, 0.2) is 11.5 Å². The molecule has 5 rings (SSSR count). The van der Waals surface area contributed by atoms with Gasteiger partial charge in [-0.15, -0.1) is 12.4 Å². The summed E-state index contributed by atoms with van der Waals surface area (Å²) < 4.78 is 17.4. The number of amides is 1. The lowest BCUT2D eigenvalue weighted by Crippen LogP contribution is -2.47. The molecule has 1 saturated carbocycles. The molecular weight excluding hydrogens is 392 g/mol. The number of halogens is 1. The summed E-state index contributed by atoms with van der Waals surface area (Å²) in [5.74, 6) is 1.61. The number of benzene rings is 2. The lowest BCUT2D eigenvalue weighted by molar-refractivity contribution is -0.146. The summed E-state index contributed by atoms with van der Waals surface area (Å²) in [7, 11) is 0. The summed E-state index contributed by atoms with van der Waals surface area (Å²) in [5.41, 5.74) is 2.08. The van der Waals surface area contributed by atoms with Crippen LogP contribution in [-0.4, -0.2) is 43.3 Å². The van der Waals surface area contributed by atoms with Gasteiger partial charge in [-0.2, -0.15) is 0 Å². The topological polar surface area (TPSA) is 60.0 Å². The maximum Gasteiger partial charge on any atom is 0.236 e. The standard InChI is InChI=1S/C22H24N2O4.ClH/c25-22(11-23-17-7-8-17)24-12-20(15-4-2-1-3-5-15)28-21(13-24)16-6-9-18-19(10-16)27-14-26-18;/h1-6,9-10,17,20-21,23H,7-8,11-14H2;1H/t20-,21+;/m0./s1. The Labute approximate surface area is 176 Å². The molecule has 29 heavy (non-hydrogen) atoms. The van der Waals surface area contributed by atoms with Crippen LogP contribution in [0.2, 0.25) is 0 Å². The third-order valence-corrected chi connectivity index (χ3v) is 5.51. The average Bonchev–Trinajstić information content (AvgIpc) is 3.46. The van der Waals surface area contributed by atoms with Crippen LogP contribution in [0.15, 0.2) is 48.5 Å². The molecule has 2 aromatic carbocycles. The average molecular weight is 417 g/mol. The number of hydrogen-bond acceptors (Lipinski definition) is 5. The minimum absolute atomic E-state index is 0. The van der Waals surface area contributed by atoms with Gasteiger partial charge >= 0.3 is 0 Å². The van der Waals surface area contributed by atoms with Crippen LogP contribution in [0.4, 0.5) is 0 Å². The van der Waals surface area contributed by atoms with Crippen molar-refractivity contribution in [2.75, 3.05) is 26.4 Å². The molecule has 2 aliphatic heterocycles. The lowest BCUT2D eigenvalue weighted by Gasteiger charge is -2.38. The largest absolute Gasteiger partial charge is 0.454 e. The van der Waals surface area contributed by atoms with Crippen LogP contribution in [0, 0.1) is 0 Å². The second-order valence-corrected chi connectivity index (χ2v) is 7.59. The fraction of sp³-hybridized carbons (Fsp3) is 0.409. The predicted molar refractivity (Wildman–Crippen MR) is 110 cm³/mol. The quantitative estimate of drug-likeness (QED) is 0.810. The lowest BCUT2D eigenvalue weighted by atomic mass is 10.0. The number of rotatable bonds is 5. The number of carbonyl (C=O) groups is 1. The maximum absolute atomic E-state index is 12.8. The van der Waals surface area contributed by atoms with Crippen molar-refractivity contribution in [2.45, 2.75) is 31.1 Å². The van der Waals surface area contributed by atoms with Crippen LogP contribution in [0.1, 0.15) is 36.2 Å². The summed E-state index contributed by atoms with van der Waals surface area (Å²) in [6.07, 6.45) is 1.97. The Balaban J connectivity index is 0.00000205. The number of nitrogens with zero attached hydrogens (tertiary/aromatic N) is 1. The molecular formula is C22H25ClN2O4. The molecule has 6 nitrogen and oxygen atoms in total. The van der Waals surface area contributed by atoms with Crippen LogP contribution in [0.3, 0.4) is 0 Å². The number of ether oxygens (including phenoxy) is 3. The first-order chi connectivity index (χ1) is 13.8. The molecule has 1 N–H and O–H groups in total. The van der Waals surface area contributed by atoms with E-state index in [1.807, 2.05) is 41.3 Å². The third-order valence-electron chi connectivity index (χ3n) is 5.51. The van der Waals surface area contributed by atoms with E-state index in [0.29, 0.717) is 25.7 Å². The molecule has 0 spiro atoms. The maximum atomic E-state index is 12.8. The second-order valence-electron chi connectivity index (χ2n) is 7.59. The van der Waals surface area contributed by atoms with E-state index in [9.17, 15) is 4.79 Å². The second kappa shape index (κ2) is 8.61. The molecule has 1 saturated heterocycles. The smallest absolute Gasteiger partial charge is 0.236 e. The molecule has 0 radical (unpaired) electrons. The van der Waals surface area contributed by atoms with Crippen molar-refractivity contribution >= 4 is 18.3 Å². The van der Waals surface area contributed by atoms with E-state index >= 15 is 0 Å². The zero-order valence-electron chi connectivity index (χ0n) is 16.1. The van der Waals surface area contributed by atoms with Gasteiger partial charge in [0.05, 0.1) is 19.6 Å². The molecule has 7 heteroatoms. The van der Waals surface area contributed by atoms with Crippen molar-refractivity contribution in [3.63, 3.8) is 0 Å². The monoisotopic (exact) mass is 416 g/mol. The molecule has 1 aliphatic carbocycles. The van der Waals surface area contributed by atoms with E-state index in [1.165, 1.54) is 12.8 Å². The van der Waals surface area contributed by atoms with Crippen LogP contribution in [0.5, 0.6) is 11.5 Å². The summed E-state index contributed by atoms with van der Waals surface area (Å²) in [5, 5.41) is 3.33. The third kappa shape index (κ3) is 4.50. The van der Waals surface area contributed by atoms with Gasteiger partial charge in [0.25, 0.3) is 0 Å². The van der Waals surface area contributed by atoms with Crippen LogP contribution in [0.25, 0.3) is 0 Å². The molecule has 0 unspecified atom stereocenters. The van der Waals surface area contributed by atoms with E-state index in [0.717, 1.165) is 22.6 Å². The molecule has 3 aliphatic rings. The normalized spacial score (nSPS) is 22.8. The van der Waals surface area contributed by atoms with Gasteiger partial charge in [-0.05, 0) is 36.1 Å². The molecule has 154 valence electrons. The number of fused-ring (bicyclic) bond motifs is 1. The number of carbonyl (C=O) groups excluding carboxylic acids is 1. The van der Waals surface area contributed by atoms with Crippen LogP contribution in [-0.2, 0) is 9.53 Å². The Bertz CT molecular complexity index is 859. The SMILES string of the molecule is Cl.O=C(CNC1CC1)N1C[C@@H](c2ccccc2)O[C@@H](c2ccc3c(c2)OCO3)C1. The van der Waals surface area contributed by atoms with E-state index in [2.05, 4.69) is 17.4 Å². The van der Waals surface area contributed by atoms with Gasteiger partial charge in [-0.3, -0.25) is 4.79 Å². The van der Waals surface area contributed by atoms with E-state index in [-0.39, 0.29) is 37.3 Å².